The van der Waals surface area contributed by atoms with Gasteiger partial charge in [-0.2, -0.15) is 0 Å². The molecule has 2 saturated heterocycles. The highest BCUT2D eigenvalue weighted by Crippen LogP contribution is 2.34. The van der Waals surface area contributed by atoms with Crippen molar-refractivity contribution in [3.8, 4) is 0 Å². The van der Waals surface area contributed by atoms with E-state index in [0.717, 1.165) is 11.8 Å². The number of nitrogens with zero attached hydrogens (tertiary/aromatic N) is 2. The van der Waals surface area contributed by atoms with Crippen LogP contribution < -0.4 is 4.90 Å². The van der Waals surface area contributed by atoms with Gasteiger partial charge in [0, 0.05) is 37.9 Å². The largest absolute Gasteiger partial charge is 0.371 e. The monoisotopic (exact) mass is 230 g/mol. The Bertz CT molecular complexity index is 360. The Morgan fingerprint density at radius 1 is 0.941 bits per heavy atom. The van der Waals surface area contributed by atoms with Crippen molar-refractivity contribution in [1.29, 1.82) is 0 Å². The Balaban J connectivity index is 1.66. The quantitative estimate of drug-likeness (QED) is 0.770. The van der Waals surface area contributed by atoms with Crippen LogP contribution in [0.2, 0.25) is 0 Å². The van der Waals surface area contributed by atoms with Gasteiger partial charge >= 0.3 is 0 Å². The summed E-state index contributed by atoms with van der Waals surface area (Å²) >= 11 is 0. The minimum Gasteiger partial charge on any atom is -0.371 e. The van der Waals surface area contributed by atoms with E-state index in [1.165, 1.54) is 31.9 Å². The molecule has 1 aromatic carbocycles. The standard InChI is InChI=1S/C15H22N2/c1-12(2)16-8-13-10-17(11-14(13)9-16)15-6-4-3-5-7-15/h3-7,12-14H,8-11H2,1-2H3/t13-,14+. The topological polar surface area (TPSA) is 6.48 Å². The number of fused-ring (bicyclic) bond motifs is 1. The number of hydrogen-bond donors (Lipinski definition) is 0. The van der Waals surface area contributed by atoms with Gasteiger partial charge < -0.3 is 9.80 Å². The second kappa shape index (κ2) is 4.34. The third-order valence-electron chi connectivity index (χ3n) is 4.37. The van der Waals surface area contributed by atoms with E-state index >= 15 is 0 Å². The van der Waals surface area contributed by atoms with Gasteiger partial charge in [0.15, 0.2) is 0 Å². The van der Waals surface area contributed by atoms with E-state index in [9.17, 15) is 0 Å². The highest BCUT2D eigenvalue weighted by Gasteiger charge is 2.40. The van der Waals surface area contributed by atoms with Crippen LogP contribution in [-0.4, -0.2) is 37.1 Å². The van der Waals surface area contributed by atoms with Crippen molar-refractivity contribution in [3.05, 3.63) is 30.3 Å². The first-order valence-corrected chi connectivity index (χ1v) is 6.78. The first-order chi connectivity index (χ1) is 8.24. The molecule has 2 heteroatoms. The Kier molecular flexibility index (Phi) is 2.83. The van der Waals surface area contributed by atoms with Crippen molar-refractivity contribution in [3.63, 3.8) is 0 Å². The summed E-state index contributed by atoms with van der Waals surface area (Å²) in [6.45, 7) is 9.72. The molecule has 3 rings (SSSR count). The zero-order valence-corrected chi connectivity index (χ0v) is 10.8. The van der Waals surface area contributed by atoms with Crippen LogP contribution in [0, 0.1) is 11.8 Å². The molecular weight excluding hydrogens is 208 g/mol. The fourth-order valence-electron chi connectivity index (χ4n) is 3.30. The fourth-order valence-corrected chi connectivity index (χ4v) is 3.30. The van der Waals surface area contributed by atoms with Crippen LogP contribution in [0.3, 0.4) is 0 Å². The average Bonchev–Trinajstić information content (AvgIpc) is 2.87. The van der Waals surface area contributed by atoms with Crippen LogP contribution in [-0.2, 0) is 0 Å². The summed E-state index contributed by atoms with van der Waals surface area (Å²) in [5, 5.41) is 0. The lowest BCUT2D eigenvalue weighted by Crippen LogP contribution is -2.33. The SMILES string of the molecule is CC(C)N1C[C@H]2CN(c3ccccc3)C[C@H]2C1. The molecule has 0 unspecified atom stereocenters. The molecule has 0 spiro atoms. The van der Waals surface area contributed by atoms with Crippen molar-refractivity contribution in [2.75, 3.05) is 31.1 Å². The summed E-state index contributed by atoms with van der Waals surface area (Å²) in [5.74, 6) is 1.77. The molecule has 2 aliphatic heterocycles. The smallest absolute Gasteiger partial charge is 0.0366 e. The summed E-state index contributed by atoms with van der Waals surface area (Å²) in [4.78, 5) is 5.20. The Hall–Kier alpha value is -1.02. The predicted octanol–water partition coefficient (Wildman–Crippen LogP) is 2.46. The van der Waals surface area contributed by atoms with E-state index in [-0.39, 0.29) is 0 Å². The van der Waals surface area contributed by atoms with E-state index in [1.54, 1.807) is 0 Å². The van der Waals surface area contributed by atoms with Crippen LogP contribution in [0.4, 0.5) is 5.69 Å². The van der Waals surface area contributed by atoms with Gasteiger partial charge in [0.2, 0.25) is 0 Å². The molecule has 0 aliphatic carbocycles. The zero-order valence-electron chi connectivity index (χ0n) is 10.8. The molecule has 2 nitrogen and oxygen atoms in total. The number of hydrogen-bond acceptors (Lipinski definition) is 2. The van der Waals surface area contributed by atoms with Gasteiger partial charge in [-0.15, -0.1) is 0 Å². The number of benzene rings is 1. The Morgan fingerprint density at radius 2 is 1.53 bits per heavy atom. The van der Waals surface area contributed by atoms with Gasteiger partial charge in [0.05, 0.1) is 0 Å². The molecule has 0 aromatic heterocycles. The molecule has 17 heavy (non-hydrogen) atoms. The molecule has 2 fully saturated rings. The van der Waals surface area contributed by atoms with Gasteiger partial charge in [-0.3, -0.25) is 0 Å². The summed E-state index contributed by atoms with van der Waals surface area (Å²) in [6, 6.07) is 11.6. The fraction of sp³-hybridized carbons (Fsp3) is 0.600. The summed E-state index contributed by atoms with van der Waals surface area (Å²) in [7, 11) is 0. The Morgan fingerprint density at radius 3 is 2.06 bits per heavy atom. The van der Waals surface area contributed by atoms with E-state index in [0.29, 0.717) is 6.04 Å². The Labute approximate surface area is 104 Å². The zero-order chi connectivity index (χ0) is 11.8. The summed E-state index contributed by atoms with van der Waals surface area (Å²) in [5.41, 5.74) is 1.40. The van der Waals surface area contributed by atoms with Crippen LogP contribution in [0.25, 0.3) is 0 Å². The average molecular weight is 230 g/mol. The second-order valence-corrected chi connectivity index (χ2v) is 5.81. The number of rotatable bonds is 2. The third kappa shape index (κ3) is 2.06. The molecule has 0 saturated carbocycles. The number of likely N-dealkylation sites (tertiary alicyclic amines) is 1. The van der Waals surface area contributed by atoms with Gasteiger partial charge in [-0.25, -0.2) is 0 Å². The highest BCUT2D eigenvalue weighted by atomic mass is 15.2. The van der Waals surface area contributed by atoms with Gasteiger partial charge in [0.25, 0.3) is 0 Å². The van der Waals surface area contributed by atoms with Crippen LogP contribution in [0.5, 0.6) is 0 Å². The molecule has 0 bridgehead atoms. The lowest BCUT2D eigenvalue weighted by atomic mass is 10.0. The van der Waals surface area contributed by atoms with Crippen LogP contribution in [0.1, 0.15) is 13.8 Å². The maximum absolute atomic E-state index is 2.64. The lowest BCUT2D eigenvalue weighted by molar-refractivity contribution is 0.258. The first kappa shape index (κ1) is 11.1. The van der Waals surface area contributed by atoms with Crippen molar-refractivity contribution >= 4 is 5.69 Å². The molecule has 0 N–H and O–H groups in total. The van der Waals surface area contributed by atoms with Crippen molar-refractivity contribution < 1.29 is 0 Å². The highest BCUT2D eigenvalue weighted by molar-refractivity contribution is 5.47. The van der Waals surface area contributed by atoms with E-state index in [4.69, 9.17) is 0 Å². The van der Waals surface area contributed by atoms with Gasteiger partial charge in [-0.05, 0) is 37.8 Å². The molecule has 0 amide bonds. The normalized spacial score (nSPS) is 29.0. The molecule has 1 aromatic rings. The third-order valence-corrected chi connectivity index (χ3v) is 4.37. The lowest BCUT2D eigenvalue weighted by Gasteiger charge is -2.25. The van der Waals surface area contributed by atoms with Crippen molar-refractivity contribution in [2.24, 2.45) is 11.8 Å². The maximum Gasteiger partial charge on any atom is 0.0366 e. The summed E-state index contributed by atoms with van der Waals surface area (Å²) in [6.07, 6.45) is 0. The van der Waals surface area contributed by atoms with E-state index in [1.807, 2.05) is 0 Å². The van der Waals surface area contributed by atoms with Crippen LogP contribution >= 0.6 is 0 Å². The minimum atomic E-state index is 0.714. The first-order valence-electron chi connectivity index (χ1n) is 6.78. The summed E-state index contributed by atoms with van der Waals surface area (Å²) < 4.78 is 0. The predicted molar refractivity (Wildman–Crippen MR) is 72.3 cm³/mol. The minimum absolute atomic E-state index is 0.714. The van der Waals surface area contributed by atoms with Crippen LogP contribution in [0.15, 0.2) is 30.3 Å². The molecular formula is C15H22N2. The van der Waals surface area contributed by atoms with Gasteiger partial charge in [0.1, 0.15) is 0 Å². The number of anilines is 1. The molecule has 2 heterocycles. The molecule has 2 atom stereocenters. The number of para-hydroxylation sites is 1. The van der Waals surface area contributed by atoms with Gasteiger partial charge in [-0.1, -0.05) is 18.2 Å². The van der Waals surface area contributed by atoms with Crippen molar-refractivity contribution in [2.45, 2.75) is 19.9 Å². The van der Waals surface area contributed by atoms with Crippen molar-refractivity contribution in [1.82, 2.24) is 4.90 Å². The van der Waals surface area contributed by atoms with E-state index < -0.39 is 0 Å². The second-order valence-electron chi connectivity index (χ2n) is 5.81. The molecule has 0 radical (unpaired) electrons. The molecule has 92 valence electrons. The van der Waals surface area contributed by atoms with E-state index in [2.05, 4.69) is 54.0 Å². The maximum atomic E-state index is 2.64. The molecule has 2 aliphatic rings.